The zero-order chi connectivity index (χ0) is 15.5. The van der Waals surface area contributed by atoms with Crippen LogP contribution < -0.4 is 5.32 Å². The van der Waals surface area contributed by atoms with Gasteiger partial charge in [-0.15, -0.1) is 0 Å². The first kappa shape index (κ1) is 16.2. The Hall–Kier alpha value is -1.17. The van der Waals surface area contributed by atoms with Crippen LogP contribution in [0.5, 0.6) is 0 Å². The van der Waals surface area contributed by atoms with Gasteiger partial charge in [-0.25, -0.2) is 8.42 Å². The summed E-state index contributed by atoms with van der Waals surface area (Å²) in [6.45, 7) is 2.13. The predicted octanol–water partition coefficient (Wildman–Crippen LogP) is -0.484. The van der Waals surface area contributed by atoms with Gasteiger partial charge in [0.2, 0.25) is 15.9 Å². The van der Waals surface area contributed by atoms with E-state index < -0.39 is 15.6 Å². The highest BCUT2D eigenvalue weighted by molar-refractivity contribution is 7.88. The molecule has 0 unspecified atom stereocenters. The van der Waals surface area contributed by atoms with Crippen molar-refractivity contribution in [2.75, 3.05) is 39.0 Å². The van der Waals surface area contributed by atoms with Crippen LogP contribution in [-0.2, 0) is 14.8 Å². The molecule has 21 heavy (non-hydrogen) atoms. The molecule has 0 aromatic rings. The SMILES string of the molecule is CS(=O)(=O)N1CCN(CC(=O)NC2(C#N)CCCC2)CC1. The number of amides is 1. The lowest BCUT2D eigenvalue weighted by molar-refractivity contribution is -0.123. The normalized spacial score (nSPS) is 23.6. The van der Waals surface area contributed by atoms with Crippen molar-refractivity contribution in [3.8, 4) is 6.07 Å². The molecule has 1 heterocycles. The van der Waals surface area contributed by atoms with Crippen molar-refractivity contribution < 1.29 is 13.2 Å². The molecule has 1 saturated heterocycles. The largest absolute Gasteiger partial charge is 0.337 e. The van der Waals surface area contributed by atoms with Crippen LogP contribution in [0, 0.1) is 11.3 Å². The maximum Gasteiger partial charge on any atom is 0.235 e. The summed E-state index contributed by atoms with van der Waals surface area (Å²) in [5.41, 5.74) is -0.689. The summed E-state index contributed by atoms with van der Waals surface area (Å²) in [5.74, 6) is -0.147. The van der Waals surface area contributed by atoms with Crippen LogP contribution in [0.4, 0.5) is 0 Å². The van der Waals surface area contributed by atoms with E-state index in [0.29, 0.717) is 26.2 Å². The summed E-state index contributed by atoms with van der Waals surface area (Å²) in [4.78, 5) is 14.0. The van der Waals surface area contributed by atoms with Crippen molar-refractivity contribution >= 4 is 15.9 Å². The molecular formula is C13H22N4O3S. The number of carbonyl (C=O) groups excluding carboxylic acids is 1. The summed E-state index contributed by atoms with van der Waals surface area (Å²) in [5, 5.41) is 12.1. The Labute approximate surface area is 125 Å². The molecule has 1 amide bonds. The zero-order valence-electron chi connectivity index (χ0n) is 12.3. The fourth-order valence-corrected chi connectivity index (χ4v) is 3.80. The molecule has 1 aliphatic carbocycles. The molecule has 0 radical (unpaired) electrons. The summed E-state index contributed by atoms with van der Waals surface area (Å²) >= 11 is 0. The number of nitrogens with zero attached hydrogens (tertiary/aromatic N) is 3. The van der Waals surface area contributed by atoms with Crippen LogP contribution >= 0.6 is 0 Å². The Morgan fingerprint density at radius 2 is 1.81 bits per heavy atom. The van der Waals surface area contributed by atoms with Crippen molar-refractivity contribution in [1.82, 2.24) is 14.5 Å². The molecule has 2 rings (SSSR count). The molecule has 1 N–H and O–H groups in total. The molecule has 0 aromatic carbocycles. The Morgan fingerprint density at radius 3 is 2.29 bits per heavy atom. The summed E-state index contributed by atoms with van der Waals surface area (Å²) < 4.78 is 24.3. The van der Waals surface area contributed by atoms with Gasteiger partial charge in [-0.2, -0.15) is 9.57 Å². The average Bonchev–Trinajstić information content (AvgIpc) is 2.87. The second kappa shape index (κ2) is 6.30. The molecule has 0 bridgehead atoms. The lowest BCUT2D eigenvalue weighted by Crippen LogP contribution is -2.53. The molecular weight excluding hydrogens is 292 g/mol. The van der Waals surface area contributed by atoms with E-state index in [1.165, 1.54) is 10.6 Å². The maximum atomic E-state index is 12.1. The topological polar surface area (TPSA) is 93.5 Å². The fourth-order valence-electron chi connectivity index (χ4n) is 2.97. The number of hydrogen-bond acceptors (Lipinski definition) is 5. The number of piperazine rings is 1. The van der Waals surface area contributed by atoms with Gasteiger partial charge >= 0.3 is 0 Å². The van der Waals surface area contributed by atoms with E-state index in [9.17, 15) is 18.5 Å². The number of hydrogen-bond donors (Lipinski definition) is 1. The van der Waals surface area contributed by atoms with Crippen molar-refractivity contribution in [3.63, 3.8) is 0 Å². The molecule has 2 aliphatic rings. The van der Waals surface area contributed by atoms with E-state index in [1.807, 2.05) is 4.90 Å². The van der Waals surface area contributed by atoms with Gasteiger partial charge in [0.05, 0.1) is 18.9 Å². The van der Waals surface area contributed by atoms with Crippen molar-refractivity contribution in [1.29, 1.82) is 5.26 Å². The van der Waals surface area contributed by atoms with E-state index in [-0.39, 0.29) is 12.5 Å². The highest BCUT2D eigenvalue weighted by Crippen LogP contribution is 2.28. The van der Waals surface area contributed by atoms with Crippen LogP contribution in [0.15, 0.2) is 0 Å². The first-order chi connectivity index (χ1) is 9.85. The molecule has 8 heteroatoms. The number of nitriles is 1. The molecule has 118 valence electrons. The Kier molecular flexibility index (Phi) is 4.86. The van der Waals surface area contributed by atoms with Crippen LogP contribution in [0.3, 0.4) is 0 Å². The standard InChI is InChI=1S/C13H22N4O3S/c1-21(19,20)17-8-6-16(7-9-17)10-12(18)15-13(11-14)4-2-3-5-13/h2-10H2,1H3,(H,15,18). The van der Waals surface area contributed by atoms with Gasteiger partial charge < -0.3 is 5.32 Å². The zero-order valence-corrected chi connectivity index (χ0v) is 13.2. The van der Waals surface area contributed by atoms with Gasteiger partial charge in [-0.05, 0) is 25.7 Å². The molecule has 2 fully saturated rings. The molecule has 0 atom stereocenters. The van der Waals surface area contributed by atoms with Crippen LogP contribution in [0.2, 0.25) is 0 Å². The smallest absolute Gasteiger partial charge is 0.235 e. The van der Waals surface area contributed by atoms with Crippen molar-refractivity contribution in [2.24, 2.45) is 0 Å². The Bertz CT molecular complexity index is 526. The minimum Gasteiger partial charge on any atom is -0.337 e. The second-order valence-electron chi connectivity index (χ2n) is 5.89. The highest BCUT2D eigenvalue weighted by Gasteiger charge is 2.35. The summed E-state index contributed by atoms with van der Waals surface area (Å²) in [6, 6.07) is 2.23. The average molecular weight is 314 g/mol. The van der Waals surface area contributed by atoms with Crippen LogP contribution in [0.1, 0.15) is 25.7 Å². The second-order valence-corrected chi connectivity index (χ2v) is 7.87. The Balaban J connectivity index is 1.81. The summed E-state index contributed by atoms with van der Waals surface area (Å²) in [6.07, 6.45) is 4.59. The van der Waals surface area contributed by atoms with E-state index in [1.54, 1.807) is 0 Å². The summed E-state index contributed by atoms with van der Waals surface area (Å²) in [7, 11) is -3.15. The third-order valence-corrected chi connectivity index (χ3v) is 5.52. The number of carbonyl (C=O) groups is 1. The van der Waals surface area contributed by atoms with E-state index >= 15 is 0 Å². The first-order valence-corrected chi connectivity index (χ1v) is 9.09. The van der Waals surface area contributed by atoms with Gasteiger partial charge in [0.15, 0.2) is 0 Å². The highest BCUT2D eigenvalue weighted by atomic mass is 32.2. The molecule has 0 aromatic heterocycles. The minimum absolute atomic E-state index is 0.147. The molecule has 0 spiro atoms. The minimum atomic E-state index is -3.15. The van der Waals surface area contributed by atoms with Crippen LogP contribution in [0.25, 0.3) is 0 Å². The van der Waals surface area contributed by atoms with Gasteiger partial charge in [-0.3, -0.25) is 9.69 Å². The predicted molar refractivity (Wildman–Crippen MR) is 77.8 cm³/mol. The van der Waals surface area contributed by atoms with E-state index in [2.05, 4.69) is 11.4 Å². The lowest BCUT2D eigenvalue weighted by Gasteiger charge is -2.33. The van der Waals surface area contributed by atoms with Gasteiger partial charge in [0.25, 0.3) is 0 Å². The first-order valence-electron chi connectivity index (χ1n) is 7.24. The monoisotopic (exact) mass is 314 g/mol. The van der Waals surface area contributed by atoms with E-state index in [0.717, 1.165) is 25.7 Å². The lowest BCUT2D eigenvalue weighted by atomic mass is 10.00. The third-order valence-electron chi connectivity index (χ3n) is 4.22. The number of rotatable bonds is 4. The fraction of sp³-hybridized carbons (Fsp3) is 0.846. The number of nitrogens with one attached hydrogen (secondary N) is 1. The Morgan fingerprint density at radius 1 is 1.24 bits per heavy atom. The third kappa shape index (κ3) is 4.15. The number of sulfonamides is 1. The quantitative estimate of drug-likeness (QED) is 0.756. The van der Waals surface area contributed by atoms with Crippen molar-refractivity contribution in [3.05, 3.63) is 0 Å². The van der Waals surface area contributed by atoms with Gasteiger partial charge in [0, 0.05) is 26.2 Å². The van der Waals surface area contributed by atoms with Crippen LogP contribution in [-0.4, -0.2) is 68.0 Å². The molecule has 1 saturated carbocycles. The van der Waals surface area contributed by atoms with Crippen molar-refractivity contribution in [2.45, 2.75) is 31.2 Å². The van der Waals surface area contributed by atoms with Gasteiger partial charge in [0.1, 0.15) is 5.54 Å². The van der Waals surface area contributed by atoms with Gasteiger partial charge in [-0.1, -0.05) is 0 Å². The molecule has 7 nitrogen and oxygen atoms in total. The molecule has 1 aliphatic heterocycles. The maximum absolute atomic E-state index is 12.1. The van der Waals surface area contributed by atoms with E-state index in [4.69, 9.17) is 0 Å².